The molecule has 2 amide bonds. The lowest BCUT2D eigenvalue weighted by Crippen LogP contribution is -2.54. The van der Waals surface area contributed by atoms with E-state index in [4.69, 9.17) is 5.73 Å². The summed E-state index contributed by atoms with van der Waals surface area (Å²) in [5.41, 5.74) is 5.78. The van der Waals surface area contributed by atoms with E-state index in [1.807, 2.05) is 6.26 Å². The average Bonchev–Trinajstić information content (AvgIpc) is 2.28. The fourth-order valence-electron chi connectivity index (χ4n) is 1.55. The smallest absolute Gasteiger partial charge is 0.241 e. The van der Waals surface area contributed by atoms with Gasteiger partial charge in [0.2, 0.25) is 11.8 Å². The largest absolute Gasteiger partial charge is 0.342 e. The predicted molar refractivity (Wildman–Crippen MR) is 65.2 cm³/mol. The number of thioether (sulfide) groups is 1. The molecular weight excluding hydrogens is 226 g/mol. The third-order valence-electron chi connectivity index (χ3n) is 2.72. The van der Waals surface area contributed by atoms with Gasteiger partial charge in [0.15, 0.2) is 0 Å². The van der Waals surface area contributed by atoms with E-state index >= 15 is 0 Å². The van der Waals surface area contributed by atoms with E-state index in [9.17, 15) is 9.59 Å². The molecule has 0 saturated carbocycles. The molecular formula is C10H19N3O2S. The summed E-state index contributed by atoms with van der Waals surface area (Å²) in [5, 5.41) is 0. The van der Waals surface area contributed by atoms with Gasteiger partial charge in [-0.2, -0.15) is 11.8 Å². The van der Waals surface area contributed by atoms with Gasteiger partial charge < -0.3 is 15.5 Å². The van der Waals surface area contributed by atoms with Crippen LogP contribution in [0.2, 0.25) is 0 Å². The second kappa shape index (κ2) is 6.10. The molecule has 1 heterocycles. The molecule has 0 unspecified atom stereocenters. The minimum Gasteiger partial charge on any atom is -0.342 e. The summed E-state index contributed by atoms with van der Waals surface area (Å²) < 4.78 is 0. The number of hydrogen-bond acceptors (Lipinski definition) is 4. The van der Waals surface area contributed by atoms with E-state index in [1.165, 1.54) is 0 Å². The lowest BCUT2D eigenvalue weighted by molar-refractivity contribution is -0.144. The SMILES string of the molecule is CSCC[C@@H](N)C(=O)N1CCN(C)C(=O)C1. The number of hydrogen-bond donors (Lipinski definition) is 1. The van der Waals surface area contributed by atoms with Crippen molar-refractivity contribution in [1.29, 1.82) is 0 Å². The Morgan fingerprint density at radius 2 is 2.25 bits per heavy atom. The molecule has 6 heteroatoms. The zero-order valence-corrected chi connectivity index (χ0v) is 10.6. The van der Waals surface area contributed by atoms with Crippen LogP contribution in [0.25, 0.3) is 0 Å². The maximum atomic E-state index is 11.9. The molecule has 0 bridgehead atoms. The predicted octanol–water partition coefficient (Wildman–Crippen LogP) is -0.633. The molecule has 92 valence electrons. The summed E-state index contributed by atoms with van der Waals surface area (Å²) in [6.07, 6.45) is 2.65. The zero-order chi connectivity index (χ0) is 12.1. The molecule has 1 atom stereocenters. The maximum absolute atomic E-state index is 11.9. The molecule has 0 radical (unpaired) electrons. The van der Waals surface area contributed by atoms with Crippen molar-refractivity contribution >= 4 is 23.6 Å². The number of carbonyl (C=O) groups is 2. The number of likely N-dealkylation sites (N-methyl/N-ethyl adjacent to an activating group) is 1. The summed E-state index contributed by atoms with van der Waals surface area (Å²) in [5.74, 6) is 0.751. The number of amides is 2. The molecule has 1 rings (SSSR count). The molecule has 0 aromatic rings. The Hall–Kier alpha value is -0.750. The molecule has 1 aliphatic rings. The van der Waals surface area contributed by atoms with Gasteiger partial charge in [-0.1, -0.05) is 0 Å². The van der Waals surface area contributed by atoms with Crippen LogP contribution in [-0.2, 0) is 9.59 Å². The van der Waals surface area contributed by atoms with Crippen molar-refractivity contribution in [3.05, 3.63) is 0 Å². The van der Waals surface area contributed by atoms with Crippen LogP contribution < -0.4 is 5.73 Å². The minimum atomic E-state index is -0.469. The van der Waals surface area contributed by atoms with Gasteiger partial charge in [-0.05, 0) is 18.4 Å². The van der Waals surface area contributed by atoms with E-state index in [-0.39, 0.29) is 18.4 Å². The number of nitrogens with zero attached hydrogens (tertiary/aromatic N) is 2. The molecule has 0 aliphatic carbocycles. The van der Waals surface area contributed by atoms with Crippen LogP contribution >= 0.6 is 11.8 Å². The summed E-state index contributed by atoms with van der Waals surface area (Å²) >= 11 is 1.67. The van der Waals surface area contributed by atoms with Gasteiger partial charge in [-0.15, -0.1) is 0 Å². The van der Waals surface area contributed by atoms with Gasteiger partial charge in [0.1, 0.15) is 0 Å². The summed E-state index contributed by atoms with van der Waals surface area (Å²) in [4.78, 5) is 26.5. The van der Waals surface area contributed by atoms with Gasteiger partial charge in [0.05, 0.1) is 12.6 Å². The Morgan fingerprint density at radius 1 is 1.56 bits per heavy atom. The Bertz CT molecular complexity index is 273. The van der Waals surface area contributed by atoms with E-state index in [0.717, 1.165) is 5.75 Å². The van der Waals surface area contributed by atoms with Crippen LogP contribution in [-0.4, -0.2) is 66.3 Å². The Kier molecular flexibility index (Phi) is 5.08. The van der Waals surface area contributed by atoms with E-state index in [1.54, 1.807) is 28.6 Å². The third-order valence-corrected chi connectivity index (χ3v) is 3.36. The van der Waals surface area contributed by atoms with Crippen molar-refractivity contribution in [3.8, 4) is 0 Å². The maximum Gasteiger partial charge on any atom is 0.241 e. The zero-order valence-electron chi connectivity index (χ0n) is 9.81. The molecule has 1 aliphatic heterocycles. The van der Waals surface area contributed by atoms with Crippen LogP contribution in [0.3, 0.4) is 0 Å². The highest BCUT2D eigenvalue weighted by Crippen LogP contribution is 2.06. The van der Waals surface area contributed by atoms with Crippen molar-refractivity contribution in [3.63, 3.8) is 0 Å². The molecule has 0 spiro atoms. The van der Waals surface area contributed by atoms with Crippen molar-refractivity contribution in [2.45, 2.75) is 12.5 Å². The first-order chi connectivity index (χ1) is 7.56. The number of piperazine rings is 1. The fourth-order valence-corrected chi connectivity index (χ4v) is 2.04. The fraction of sp³-hybridized carbons (Fsp3) is 0.800. The Labute approximate surface area is 100 Å². The molecule has 0 aromatic carbocycles. The van der Waals surface area contributed by atoms with E-state index in [2.05, 4.69) is 0 Å². The highest BCUT2D eigenvalue weighted by atomic mass is 32.2. The van der Waals surface area contributed by atoms with E-state index < -0.39 is 6.04 Å². The summed E-state index contributed by atoms with van der Waals surface area (Å²) in [6.45, 7) is 1.36. The van der Waals surface area contributed by atoms with Crippen LogP contribution in [0.4, 0.5) is 0 Å². The van der Waals surface area contributed by atoms with Gasteiger partial charge in [-0.25, -0.2) is 0 Å². The van der Waals surface area contributed by atoms with Crippen LogP contribution in [0, 0.1) is 0 Å². The molecule has 1 saturated heterocycles. The normalized spacial score (nSPS) is 18.8. The van der Waals surface area contributed by atoms with Crippen molar-refractivity contribution in [1.82, 2.24) is 9.80 Å². The first-order valence-corrected chi connectivity index (χ1v) is 6.73. The Morgan fingerprint density at radius 3 is 2.81 bits per heavy atom. The van der Waals surface area contributed by atoms with Crippen LogP contribution in [0.15, 0.2) is 0 Å². The quantitative estimate of drug-likeness (QED) is 0.716. The topological polar surface area (TPSA) is 66.6 Å². The molecule has 0 aromatic heterocycles. The molecule has 5 nitrogen and oxygen atoms in total. The first-order valence-electron chi connectivity index (χ1n) is 5.33. The molecule has 16 heavy (non-hydrogen) atoms. The highest BCUT2D eigenvalue weighted by Gasteiger charge is 2.27. The summed E-state index contributed by atoms with van der Waals surface area (Å²) in [7, 11) is 1.75. The number of rotatable bonds is 4. The molecule has 2 N–H and O–H groups in total. The number of nitrogens with two attached hydrogens (primary N) is 1. The standard InChI is InChI=1S/C10H19N3O2S/c1-12-4-5-13(7-9(12)14)10(15)8(11)3-6-16-2/h8H,3-7,11H2,1-2H3/t8-/m1/s1. The minimum absolute atomic E-state index is 0.0170. The highest BCUT2D eigenvalue weighted by molar-refractivity contribution is 7.98. The van der Waals surface area contributed by atoms with Crippen LogP contribution in [0.5, 0.6) is 0 Å². The van der Waals surface area contributed by atoms with Crippen molar-refractivity contribution in [2.75, 3.05) is 38.7 Å². The second-order valence-electron chi connectivity index (χ2n) is 3.96. The number of carbonyl (C=O) groups excluding carboxylic acids is 2. The van der Waals surface area contributed by atoms with Gasteiger partial charge in [-0.3, -0.25) is 9.59 Å². The summed E-state index contributed by atoms with van der Waals surface area (Å²) in [6, 6.07) is -0.469. The lowest BCUT2D eigenvalue weighted by atomic mass is 10.2. The van der Waals surface area contributed by atoms with Gasteiger partial charge >= 0.3 is 0 Å². The lowest BCUT2D eigenvalue weighted by Gasteiger charge is -2.33. The van der Waals surface area contributed by atoms with E-state index in [0.29, 0.717) is 19.5 Å². The average molecular weight is 245 g/mol. The Balaban J connectivity index is 2.45. The monoisotopic (exact) mass is 245 g/mol. The third kappa shape index (κ3) is 3.38. The first kappa shape index (κ1) is 13.3. The van der Waals surface area contributed by atoms with Gasteiger partial charge in [0, 0.05) is 20.1 Å². The molecule has 1 fully saturated rings. The second-order valence-corrected chi connectivity index (χ2v) is 4.95. The van der Waals surface area contributed by atoms with Gasteiger partial charge in [0.25, 0.3) is 0 Å². The van der Waals surface area contributed by atoms with Crippen molar-refractivity contribution in [2.24, 2.45) is 5.73 Å². The van der Waals surface area contributed by atoms with Crippen LogP contribution in [0.1, 0.15) is 6.42 Å². The van der Waals surface area contributed by atoms with Crippen molar-refractivity contribution < 1.29 is 9.59 Å².